The Labute approximate surface area is 111 Å². The summed E-state index contributed by atoms with van der Waals surface area (Å²) in [5.41, 5.74) is 7.73. The minimum atomic E-state index is -0.418. The van der Waals surface area contributed by atoms with Crippen LogP contribution in [-0.4, -0.2) is 11.6 Å². The van der Waals surface area contributed by atoms with Gasteiger partial charge in [-0.25, -0.2) is 9.37 Å². The number of nitrogens with zero attached hydrogens (tertiary/aromatic N) is 1. The SMILES string of the molecule is CCOc1ccc(Nc2nc(C)ccc2N)cc1F. The van der Waals surface area contributed by atoms with Gasteiger partial charge >= 0.3 is 0 Å². The van der Waals surface area contributed by atoms with Gasteiger partial charge in [-0.05, 0) is 38.1 Å². The molecule has 0 bridgehead atoms. The number of aryl methyl sites for hydroxylation is 1. The highest BCUT2D eigenvalue weighted by Crippen LogP contribution is 2.25. The number of benzene rings is 1. The molecule has 0 fully saturated rings. The molecule has 3 N–H and O–H groups in total. The lowest BCUT2D eigenvalue weighted by Gasteiger charge is -2.10. The summed E-state index contributed by atoms with van der Waals surface area (Å²) < 4.78 is 18.8. The molecule has 0 unspecified atom stereocenters. The number of aromatic nitrogens is 1. The first-order chi connectivity index (χ1) is 9.10. The summed E-state index contributed by atoms with van der Waals surface area (Å²) in [6, 6.07) is 8.23. The lowest BCUT2D eigenvalue weighted by Crippen LogP contribution is -2.01. The molecule has 1 heterocycles. The van der Waals surface area contributed by atoms with E-state index in [1.807, 2.05) is 19.9 Å². The Morgan fingerprint density at radius 3 is 2.79 bits per heavy atom. The highest BCUT2D eigenvalue weighted by atomic mass is 19.1. The molecule has 0 spiro atoms. The van der Waals surface area contributed by atoms with Crippen LogP contribution in [-0.2, 0) is 0 Å². The fraction of sp³-hybridized carbons (Fsp3) is 0.214. The molecule has 4 nitrogen and oxygen atoms in total. The van der Waals surface area contributed by atoms with E-state index >= 15 is 0 Å². The van der Waals surface area contributed by atoms with Gasteiger partial charge in [0, 0.05) is 17.4 Å². The number of nitrogens with one attached hydrogen (secondary N) is 1. The standard InChI is InChI=1S/C14H16FN3O/c1-3-19-13-7-5-10(8-11(13)15)18-14-12(16)6-4-9(2)17-14/h4-8H,3,16H2,1-2H3,(H,17,18). The maximum atomic E-state index is 13.7. The highest BCUT2D eigenvalue weighted by molar-refractivity contribution is 5.69. The zero-order chi connectivity index (χ0) is 13.8. The number of anilines is 3. The van der Waals surface area contributed by atoms with Gasteiger partial charge in [-0.3, -0.25) is 0 Å². The van der Waals surface area contributed by atoms with Gasteiger partial charge in [0.15, 0.2) is 17.4 Å². The molecule has 0 aliphatic carbocycles. The molecule has 2 rings (SSSR count). The monoisotopic (exact) mass is 261 g/mol. The van der Waals surface area contributed by atoms with E-state index in [4.69, 9.17) is 10.5 Å². The van der Waals surface area contributed by atoms with Crippen LogP contribution < -0.4 is 15.8 Å². The zero-order valence-electron chi connectivity index (χ0n) is 10.9. The molecule has 19 heavy (non-hydrogen) atoms. The number of pyridine rings is 1. The third kappa shape index (κ3) is 3.13. The summed E-state index contributed by atoms with van der Waals surface area (Å²) in [6.45, 7) is 4.10. The van der Waals surface area contributed by atoms with Gasteiger partial charge in [0.2, 0.25) is 0 Å². The van der Waals surface area contributed by atoms with E-state index in [0.29, 0.717) is 23.8 Å². The second kappa shape index (κ2) is 5.56. The van der Waals surface area contributed by atoms with Crippen molar-refractivity contribution >= 4 is 17.2 Å². The van der Waals surface area contributed by atoms with Crippen LogP contribution in [0.3, 0.4) is 0 Å². The normalized spacial score (nSPS) is 10.3. The Morgan fingerprint density at radius 2 is 2.11 bits per heavy atom. The molecule has 0 amide bonds. The Hall–Kier alpha value is -2.30. The second-order valence-corrected chi connectivity index (χ2v) is 4.09. The zero-order valence-corrected chi connectivity index (χ0v) is 10.9. The van der Waals surface area contributed by atoms with E-state index in [2.05, 4.69) is 10.3 Å². The van der Waals surface area contributed by atoms with Gasteiger partial charge in [-0.15, -0.1) is 0 Å². The number of rotatable bonds is 4. The molecule has 5 heteroatoms. The van der Waals surface area contributed by atoms with Crippen LogP contribution in [0.4, 0.5) is 21.6 Å². The minimum Gasteiger partial charge on any atom is -0.491 e. The number of hydrogen-bond acceptors (Lipinski definition) is 4. The fourth-order valence-corrected chi connectivity index (χ4v) is 1.66. The van der Waals surface area contributed by atoms with Gasteiger partial charge in [0.25, 0.3) is 0 Å². The van der Waals surface area contributed by atoms with Gasteiger partial charge in [0.1, 0.15) is 0 Å². The Kier molecular flexibility index (Phi) is 3.85. The third-order valence-corrected chi connectivity index (χ3v) is 2.56. The summed E-state index contributed by atoms with van der Waals surface area (Å²) in [7, 11) is 0. The number of halogens is 1. The predicted molar refractivity (Wildman–Crippen MR) is 74.2 cm³/mol. The predicted octanol–water partition coefficient (Wildman–Crippen LogP) is 3.25. The number of nitrogens with two attached hydrogens (primary N) is 1. The summed E-state index contributed by atoms with van der Waals surface area (Å²) in [5, 5.41) is 2.99. The van der Waals surface area contributed by atoms with Gasteiger partial charge in [0.05, 0.1) is 12.3 Å². The third-order valence-electron chi connectivity index (χ3n) is 2.56. The van der Waals surface area contributed by atoms with Gasteiger partial charge in [-0.1, -0.05) is 0 Å². The molecule has 0 saturated carbocycles. The molecule has 1 aromatic carbocycles. The first kappa shape index (κ1) is 13.1. The Morgan fingerprint density at radius 1 is 1.32 bits per heavy atom. The van der Waals surface area contributed by atoms with E-state index in [0.717, 1.165) is 5.69 Å². The average Bonchev–Trinajstić information content (AvgIpc) is 2.37. The summed E-state index contributed by atoms with van der Waals surface area (Å²) in [6.07, 6.45) is 0. The highest BCUT2D eigenvalue weighted by Gasteiger charge is 2.06. The lowest BCUT2D eigenvalue weighted by atomic mass is 10.2. The molecular weight excluding hydrogens is 245 g/mol. The molecule has 2 aromatic rings. The molecule has 1 aromatic heterocycles. The van der Waals surface area contributed by atoms with Crippen molar-refractivity contribution in [3.63, 3.8) is 0 Å². The van der Waals surface area contributed by atoms with Crippen LogP contribution in [0, 0.1) is 12.7 Å². The number of hydrogen-bond donors (Lipinski definition) is 2. The van der Waals surface area contributed by atoms with E-state index < -0.39 is 5.82 Å². The topological polar surface area (TPSA) is 60.2 Å². The van der Waals surface area contributed by atoms with E-state index in [1.54, 1.807) is 18.2 Å². The first-order valence-corrected chi connectivity index (χ1v) is 6.02. The minimum absolute atomic E-state index is 0.234. The van der Waals surface area contributed by atoms with Crippen LogP contribution in [0.2, 0.25) is 0 Å². The van der Waals surface area contributed by atoms with Crippen molar-refractivity contribution in [2.24, 2.45) is 0 Å². The van der Waals surface area contributed by atoms with Crippen molar-refractivity contribution in [2.75, 3.05) is 17.7 Å². The van der Waals surface area contributed by atoms with Crippen LogP contribution in [0.25, 0.3) is 0 Å². The second-order valence-electron chi connectivity index (χ2n) is 4.09. The van der Waals surface area contributed by atoms with Crippen molar-refractivity contribution in [3.8, 4) is 5.75 Å². The smallest absolute Gasteiger partial charge is 0.167 e. The van der Waals surface area contributed by atoms with Crippen molar-refractivity contribution in [1.29, 1.82) is 0 Å². The first-order valence-electron chi connectivity index (χ1n) is 6.02. The fourth-order valence-electron chi connectivity index (χ4n) is 1.66. The van der Waals surface area contributed by atoms with E-state index in [9.17, 15) is 4.39 Å². The maximum absolute atomic E-state index is 13.7. The Bertz CT molecular complexity index is 587. The molecule has 0 atom stereocenters. The van der Waals surface area contributed by atoms with Crippen molar-refractivity contribution in [1.82, 2.24) is 4.98 Å². The largest absolute Gasteiger partial charge is 0.491 e. The van der Waals surface area contributed by atoms with Crippen molar-refractivity contribution < 1.29 is 9.13 Å². The molecule has 0 saturated heterocycles. The van der Waals surface area contributed by atoms with Gasteiger partial charge < -0.3 is 15.8 Å². The van der Waals surface area contributed by atoms with Crippen LogP contribution in [0.15, 0.2) is 30.3 Å². The van der Waals surface area contributed by atoms with Crippen LogP contribution in [0.5, 0.6) is 5.75 Å². The molecular formula is C14H16FN3O. The summed E-state index contributed by atoms with van der Waals surface area (Å²) in [4.78, 5) is 4.27. The maximum Gasteiger partial charge on any atom is 0.167 e. The van der Waals surface area contributed by atoms with E-state index in [1.165, 1.54) is 6.07 Å². The summed E-state index contributed by atoms with van der Waals surface area (Å²) in [5.74, 6) is 0.333. The van der Waals surface area contributed by atoms with E-state index in [-0.39, 0.29) is 5.75 Å². The number of ether oxygens (including phenoxy) is 1. The van der Waals surface area contributed by atoms with Crippen LogP contribution >= 0.6 is 0 Å². The van der Waals surface area contributed by atoms with Gasteiger partial charge in [-0.2, -0.15) is 0 Å². The quantitative estimate of drug-likeness (QED) is 0.886. The summed E-state index contributed by atoms with van der Waals surface area (Å²) >= 11 is 0. The number of nitrogen functional groups attached to an aromatic ring is 1. The molecule has 0 aliphatic heterocycles. The van der Waals surface area contributed by atoms with Crippen molar-refractivity contribution in [2.45, 2.75) is 13.8 Å². The van der Waals surface area contributed by atoms with Crippen LogP contribution in [0.1, 0.15) is 12.6 Å². The average molecular weight is 261 g/mol. The molecule has 0 radical (unpaired) electrons. The molecule has 0 aliphatic rings. The Balaban J connectivity index is 2.24. The molecule has 100 valence electrons. The van der Waals surface area contributed by atoms with Crippen molar-refractivity contribution in [3.05, 3.63) is 41.8 Å². The lowest BCUT2D eigenvalue weighted by molar-refractivity contribution is 0.321.